The zero-order chi connectivity index (χ0) is 20.7. The summed E-state index contributed by atoms with van der Waals surface area (Å²) in [6.45, 7) is 5.44. The summed E-state index contributed by atoms with van der Waals surface area (Å²) in [5.74, 6) is 2.10. The molecular weight excluding hydrogens is 390 g/mol. The summed E-state index contributed by atoms with van der Waals surface area (Å²) in [6.07, 6.45) is 2.57. The molecule has 7 nitrogen and oxygen atoms in total. The van der Waals surface area contributed by atoms with E-state index >= 15 is 0 Å². The monoisotopic (exact) mass is 413 g/mol. The SMILES string of the molecule is CN[C@@H]1CCN(c2cc3c(Cl)cnc(N)c3c(Oc3c(C)ccc(O)c3C)n2)C1. The molecular formula is C21H24ClN5O2. The van der Waals surface area contributed by atoms with Gasteiger partial charge in [-0.05, 0) is 45.0 Å². The molecule has 1 fully saturated rings. The number of aryl methyl sites for hydroxylation is 1. The Labute approximate surface area is 174 Å². The van der Waals surface area contributed by atoms with Crippen molar-refractivity contribution in [3.05, 3.63) is 40.5 Å². The highest BCUT2D eigenvalue weighted by Crippen LogP contribution is 2.40. The van der Waals surface area contributed by atoms with Crippen molar-refractivity contribution in [2.24, 2.45) is 0 Å². The van der Waals surface area contributed by atoms with E-state index in [9.17, 15) is 5.11 Å². The van der Waals surface area contributed by atoms with Crippen molar-refractivity contribution in [3.8, 4) is 17.4 Å². The van der Waals surface area contributed by atoms with Gasteiger partial charge in [-0.3, -0.25) is 0 Å². The molecule has 4 N–H and O–H groups in total. The third-order valence-corrected chi connectivity index (χ3v) is 5.80. The van der Waals surface area contributed by atoms with Crippen LogP contribution in [0.4, 0.5) is 11.6 Å². The number of hydrogen-bond donors (Lipinski definition) is 3. The molecule has 8 heteroatoms. The van der Waals surface area contributed by atoms with Gasteiger partial charge < -0.3 is 25.8 Å². The number of hydrogen-bond acceptors (Lipinski definition) is 7. The minimum atomic E-state index is 0.159. The molecule has 29 heavy (non-hydrogen) atoms. The third-order valence-electron chi connectivity index (χ3n) is 5.50. The van der Waals surface area contributed by atoms with Gasteiger partial charge in [0.1, 0.15) is 23.1 Å². The van der Waals surface area contributed by atoms with E-state index in [1.807, 2.05) is 20.0 Å². The average Bonchev–Trinajstić information content (AvgIpc) is 3.20. The molecule has 0 saturated carbocycles. The van der Waals surface area contributed by atoms with E-state index in [1.165, 1.54) is 6.20 Å². The predicted molar refractivity (Wildman–Crippen MR) is 116 cm³/mol. The Morgan fingerprint density at radius 3 is 2.86 bits per heavy atom. The Kier molecular flexibility index (Phi) is 5.10. The first-order chi connectivity index (χ1) is 13.9. The molecule has 4 rings (SSSR count). The van der Waals surface area contributed by atoms with Crippen LogP contribution in [0, 0.1) is 13.8 Å². The molecule has 0 radical (unpaired) electrons. The number of phenolic OH excluding ortho intramolecular Hbond substituents is 1. The zero-order valence-corrected chi connectivity index (χ0v) is 17.4. The van der Waals surface area contributed by atoms with Crippen LogP contribution in [0.2, 0.25) is 5.02 Å². The number of halogens is 1. The maximum Gasteiger partial charge on any atom is 0.232 e. The van der Waals surface area contributed by atoms with E-state index in [1.54, 1.807) is 19.1 Å². The molecule has 0 aliphatic carbocycles. The predicted octanol–water partition coefficient (Wildman–Crippen LogP) is 3.78. The van der Waals surface area contributed by atoms with E-state index in [0.29, 0.717) is 39.5 Å². The summed E-state index contributed by atoms with van der Waals surface area (Å²) in [4.78, 5) is 11.2. The van der Waals surface area contributed by atoms with Gasteiger partial charge in [0.2, 0.25) is 5.88 Å². The summed E-state index contributed by atoms with van der Waals surface area (Å²) in [5, 5.41) is 15.2. The third kappa shape index (κ3) is 3.52. The molecule has 1 aromatic carbocycles. The van der Waals surface area contributed by atoms with Gasteiger partial charge in [0.15, 0.2) is 0 Å². The first-order valence-electron chi connectivity index (χ1n) is 9.53. The lowest BCUT2D eigenvalue weighted by Crippen LogP contribution is -2.29. The van der Waals surface area contributed by atoms with Gasteiger partial charge in [-0.15, -0.1) is 0 Å². The first-order valence-corrected chi connectivity index (χ1v) is 9.90. The second-order valence-corrected chi connectivity index (χ2v) is 7.78. The molecule has 0 unspecified atom stereocenters. The van der Waals surface area contributed by atoms with Crippen LogP contribution in [0.15, 0.2) is 24.4 Å². The number of benzene rings is 1. The molecule has 0 spiro atoms. The van der Waals surface area contributed by atoms with Gasteiger partial charge in [-0.25, -0.2) is 4.98 Å². The van der Waals surface area contributed by atoms with Crippen molar-refractivity contribution in [2.45, 2.75) is 26.3 Å². The number of anilines is 2. The van der Waals surface area contributed by atoms with Crippen molar-refractivity contribution in [2.75, 3.05) is 30.8 Å². The highest BCUT2D eigenvalue weighted by atomic mass is 35.5. The topological polar surface area (TPSA) is 96.5 Å². The first kappa shape index (κ1) is 19.5. The van der Waals surface area contributed by atoms with Crippen LogP contribution in [0.5, 0.6) is 17.4 Å². The quantitative estimate of drug-likeness (QED) is 0.598. The Hall–Kier alpha value is -2.77. The van der Waals surface area contributed by atoms with Crippen LogP contribution < -0.4 is 20.7 Å². The molecule has 2 aromatic heterocycles. The van der Waals surface area contributed by atoms with Crippen molar-refractivity contribution in [1.82, 2.24) is 15.3 Å². The smallest absolute Gasteiger partial charge is 0.232 e. The fourth-order valence-corrected chi connectivity index (χ4v) is 3.91. The Balaban J connectivity index is 1.88. The van der Waals surface area contributed by atoms with E-state index in [4.69, 9.17) is 27.1 Å². The second kappa shape index (κ2) is 7.57. The number of nitrogens with one attached hydrogen (secondary N) is 1. The van der Waals surface area contributed by atoms with E-state index in [0.717, 1.165) is 36.3 Å². The van der Waals surface area contributed by atoms with Crippen molar-refractivity contribution in [3.63, 3.8) is 0 Å². The van der Waals surface area contributed by atoms with Crippen molar-refractivity contribution >= 4 is 34.0 Å². The normalized spacial score (nSPS) is 16.6. The molecule has 0 amide bonds. The fraction of sp³-hybridized carbons (Fsp3) is 0.333. The molecule has 1 atom stereocenters. The average molecular weight is 414 g/mol. The van der Waals surface area contributed by atoms with E-state index in [-0.39, 0.29) is 5.75 Å². The Morgan fingerprint density at radius 1 is 1.34 bits per heavy atom. The second-order valence-electron chi connectivity index (χ2n) is 7.38. The summed E-state index contributed by atoms with van der Waals surface area (Å²) in [5.41, 5.74) is 7.68. The van der Waals surface area contributed by atoms with Crippen LogP contribution in [0.25, 0.3) is 10.8 Å². The van der Waals surface area contributed by atoms with E-state index in [2.05, 4.69) is 15.2 Å². The highest BCUT2D eigenvalue weighted by Gasteiger charge is 2.25. The summed E-state index contributed by atoms with van der Waals surface area (Å²) in [6, 6.07) is 5.79. The number of rotatable bonds is 4. The highest BCUT2D eigenvalue weighted by molar-refractivity contribution is 6.36. The molecule has 1 aliphatic heterocycles. The summed E-state index contributed by atoms with van der Waals surface area (Å²) in [7, 11) is 1.97. The number of phenols is 1. The number of aromatic nitrogens is 2. The number of nitrogens with zero attached hydrogens (tertiary/aromatic N) is 3. The standard InChI is InChI=1S/C21H24ClN5O2/c1-11-4-5-16(28)12(2)19(11)29-21-18-14(15(22)9-25-20(18)23)8-17(26-21)27-7-6-13(10-27)24-3/h4-5,8-9,13,24,28H,6-7,10H2,1-3H3,(H2,23,25)/t13-/m1/s1. The lowest BCUT2D eigenvalue weighted by Gasteiger charge is -2.21. The number of pyridine rings is 2. The maximum atomic E-state index is 10.1. The van der Waals surface area contributed by atoms with Gasteiger partial charge in [-0.2, -0.15) is 4.98 Å². The molecule has 3 heterocycles. The van der Waals surface area contributed by atoms with Crippen LogP contribution >= 0.6 is 11.6 Å². The minimum absolute atomic E-state index is 0.159. The summed E-state index contributed by atoms with van der Waals surface area (Å²) >= 11 is 6.45. The largest absolute Gasteiger partial charge is 0.508 e. The van der Waals surface area contributed by atoms with Crippen molar-refractivity contribution in [1.29, 1.82) is 0 Å². The zero-order valence-electron chi connectivity index (χ0n) is 16.7. The lowest BCUT2D eigenvalue weighted by molar-refractivity contribution is 0.440. The van der Waals surface area contributed by atoms with Gasteiger partial charge >= 0.3 is 0 Å². The lowest BCUT2D eigenvalue weighted by atomic mass is 10.1. The summed E-state index contributed by atoms with van der Waals surface area (Å²) < 4.78 is 6.23. The number of likely N-dealkylation sites (N-methyl/N-ethyl adjacent to an activating group) is 1. The van der Waals surface area contributed by atoms with Crippen LogP contribution in [-0.4, -0.2) is 41.3 Å². The van der Waals surface area contributed by atoms with Gasteiger partial charge in [0.05, 0.1) is 10.4 Å². The van der Waals surface area contributed by atoms with Crippen LogP contribution in [-0.2, 0) is 0 Å². The Morgan fingerprint density at radius 2 is 2.14 bits per heavy atom. The Bertz CT molecular complexity index is 1090. The minimum Gasteiger partial charge on any atom is -0.508 e. The van der Waals surface area contributed by atoms with Gasteiger partial charge in [0, 0.05) is 36.3 Å². The molecule has 0 bridgehead atoms. The molecule has 3 aromatic rings. The fourth-order valence-electron chi connectivity index (χ4n) is 3.72. The van der Waals surface area contributed by atoms with E-state index < -0.39 is 0 Å². The van der Waals surface area contributed by atoms with Gasteiger partial charge in [-0.1, -0.05) is 17.7 Å². The number of aromatic hydroxyl groups is 1. The molecule has 152 valence electrons. The van der Waals surface area contributed by atoms with Gasteiger partial charge in [0.25, 0.3) is 0 Å². The number of nitrogens with two attached hydrogens (primary N) is 1. The number of ether oxygens (including phenoxy) is 1. The number of fused-ring (bicyclic) bond motifs is 1. The maximum absolute atomic E-state index is 10.1. The molecule has 1 saturated heterocycles. The number of nitrogen functional groups attached to an aromatic ring is 1. The molecule has 1 aliphatic rings. The van der Waals surface area contributed by atoms with Crippen LogP contribution in [0.3, 0.4) is 0 Å². The van der Waals surface area contributed by atoms with Crippen LogP contribution in [0.1, 0.15) is 17.5 Å². The van der Waals surface area contributed by atoms with Crippen molar-refractivity contribution < 1.29 is 9.84 Å².